The summed E-state index contributed by atoms with van der Waals surface area (Å²) in [6.07, 6.45) is 3.36. The zero-order valence-electron chi connectivity index (χ0n) is 15.0. The van der Waals surface area contributed by atoms with Crippen LogP contribution in [-0.4, -0.2) is 34.2 Å². The Kier molecular flexibility index (Phi) is 6.62. The zero-order valence-corrected chi connectivity index (χ0v) is 16.6. The molecule has 142 valence electrons. The Morgan fingerprint density at radius 2 is 1.89 bits per heavy atom. The van der Waals surface area contributed by atoms with Crippen LogP contribution in [0.25, 0.3) is 6.08 Å². The first-order valence-corrected chi connectivity index (χ1v) is 9.74. The van der Waals surface area contributed by atoms with E-state index >= 15 is 0 Å². The van der Waals surface area contributed by atoms with Crippen molar-refractivity contribution in [3.05, 3.63) is 77.7 Å². The Balaban J connectivity index is 1.70. The Labute approximate surface area is 173 Å². The van der Waals surface area contributed by atoms with Gasteiger partial charge in [0.05, 0.1) is 4.91 Å². The third-order valence-corrected chi connectivity index (χ3v) is 5.18. The molecular weight excluding hydrogens is 392 g/mol. The molecule has 0 unspecified atom stereocenters. The molecule has 0 aromatic heterocycles. The van der Waals surface area contributed by atoms with Crippen LogP contribution in [0.15, 0.2) is 72.2 Å². The fourth-order valence-electron chi connectivity index (χ4n) is 2.52. The van der Waals surface area contributed by atoms with Crippen molar-refractivity contribution >= 4 is 51.9 Å². The summed E-state index contributed by atoms with van der Waals surface area (Å²) in [4.78, 5) is 26.6. The van der Waals surface area contributed by atoms with Gasteiger partial charge in [-0.1, -0.05) is 66.5 Å². The van der Waals surface area contributed by atoms with E-state index in [9.17, 15) is 9.59 Å². The van der Waals surface area contributed by atoms with Gasteiger partial charge in [0.25, 0.3) is 11.8 Å². The molecule has 3 rings (SSSR count). The molecule has 0 atom stereocenters. The monoisotopic (exact) mass is 410 g/mol. The number of benzene rings is 2. The molecule has 1 saturated heterocycles. The van der Waals surface area contributed by atoms with E-state index in [1.807, 2.05) is 36.4 Å². The standard InChI is InChI=1S/C21H18N2O3S2/c1-2-12-23-20(25)18(28-21(23)27)13-15-8-6-7-11-17(15)26-14-19(24)22-16-9-4-3-5-10-16/h2-11,13H,1,12,14H2,(H,22,24)/b18-13-. The minimum absolute atomic E-state index is 0.142. The van der Waals surface area contributed by atoms with Crippen molar-refractivity contribution in [2.24, 2.45) is 0 Å². The van der Waals surface area contributed by atoms with Gasteiger partial charge in [-0.2, -0.15) is 0 Å². The molecule has 5 nitrogen and oxygen atoms in total. The summed E-state index contributed by atoms with van der Waals surface area (Å²) >= 11 is 6.49. The van der Waals surface area contributed by atoms with Gasteiger partial charge >= 0.3 is 0 Å². The normalized spacial score (nSPS) is 15.0. The molecule has 2 amide bonds. The second-order valence-corrected chi connectivity index (χ2v) is 7.50. The number of amides is 2. The third kappa shape index (κ3) is 4.88. The molecule has 7 heteroatoms. The lowest BCUT2D eigenvalue weighted by atomic mass is 10.2. The SMILES string of the molecule is C=CCN1C(=O)/C(=C/c2ccccc2OCC(=O)Nc2ccccc2)SC1=S. The fourth-order valence-corrected chi connectivity index (χ4v) is 3.79. The van der Waals surface area contributed by atoms with Crippen LogP contribution >= 0.6 is 24.0 Å². The van der Waals surface area contributed by atoms with Crippen LogP contribution in [0.4, 0.5) is 5.69 Å². The molecule has 0 spiro atoms. The second kappa shape index (κ2) is 9.34. The maximum Gasteiger partial charge on any atom is 0.266 e. The molecule has 0 radical (unpaired) electrons. The van der Waals surface area contributed by atoms with Gasteiger partial charge in [0.2, 0.25) is 0 Å². The van der Waals surface area contributed by atoms with Gasteiger partial charge < -0.3 is 10.1 Å². The quantitative estimate of drug-likeness (QED) is 0.423. The highest BCUT2D eigenvalue weighted by molar-refractivity contribution is 8.26. The van der Waals surface area contributed by atoms with E-state index in [-0.39, 0.29) is 18.4 Å². The van der Waals surface area contributed by atoms with Crippen LogP contribution in [0, 0.1) is 0 Å². The lowest BCUT2D eigenvalue weighted by molar-refractivity contribution is -0.121. The van der Waals surface area contributed by atoms with Crippen molar-refractivity contribution in [2.75, 3.05) is 18.5 Å². The molecule has 1 aliphatic heterocycles. The number of thiocarbonyl (C=S) groups is 1. The van der Waals surface area contributed by atoms with Gasteiger partial charge in [0.15, 0.2) is 6.61 Å². The molecule has 1 heterocycles. The lowest BCUT2D eigenvalue weighted by Gasteiger charge is -2.11. The van der Waals surface area contributed by atoms with Crippen molar-refractivity contribution in [3.63, 3.8) is 0 Å². The summed E-state index contributed by atoms with van der Waals surface area (Å²) in [6.45, 7) is 3.88. The minimum Gasteiger partial charge on any atom is -0.483 e. The summed E-state index contributed by atoms with van der Waals surface area (Å²) in [7, 11) is 0. The summed E-state index contributed by atoms with van der Waals surface area (Å²) in [5.41, 5.74) is 1.41. The van der Waals surface area contributed by atoms with Gasteiger partial charge in [-0.3, -0.25) is 14.5 Å². The highest BCUT2D eigenvalue weighted by atomic mass is 32.2. The highest BCUT2D eigenvalue weighted by Crippen LogP contribution is 2.34. The Morgan fingerprint density at radius 1 is 1.18 bits per heavy atom. The predicted molar refractivity (Wildman–Crippen MR) is 117 cm³/mol. The predicted octanol–water partition coefficient (Wildman–Crippen LogP) is 4.09. The van der Waals surface area contributed by atoms with Crippen LogP contribution in [0.1, 0.15) is 5.56 Å². The first kappa shape index (κ1) is 19.9. The number of carbonyl (C=O) groups is 2. The largest absolute Gasteiger partial charge is 0.483 e. The molecule has 0 aliphatic carbocycles. The number of carbonyl (C=O) groups excluding carboxylic acids is 2. The van der Waals surface area contributed by atoms with E-state index in [0.29, 0.717) is 32.8 Å². The molecular formula is C21H18N2O3S2. The van der Waals surface area contributed by atoms with Crippen molar-refractivity contribution in [3.8, 4) is 5.75 Å². The maximum absolute atomic E-state index is 12.5. The van der Waals surface area contributed by atoms with Crippen LogP contribution in [0.5, 0.6) is 5.75 Å². The van der Waals surface area contributed by atoms with Crippen molar-refractivity contribution < 1.29 is 14.3 Å². The first-order valence-electron chi connectivity index (χ1n) is 8.51. The topological polar surface area (TPSA) is 58.6 Å². The summed E-state index contributed by atoms with van der Waals surface area (Å²) in [5.74, 6) is 0.0875. The van der Waals surface area contributed by atoms with Crippen LogP contribution in [-0.2, 0) is 9.59 Å². The summed E-state index contributed by atoms with van der Waals surface area (Å²) in [5, 5.41) is 2.77. The lowest BCUT2D eigenvalue weighted by Crippen LogP contribution is -2.27. The van der Waals surface area contributed by atoms with E-state index in [2.05, 4.69) is 11.9 Å². The Bertz CT molecular complexity index is 942. The van der Waals surface area contributed by atoms with Gasteiger partial charge in [-0.05, 0) is 24.3 Å². The number of nitrogens with one attached hydrogen (secondary N) is 1. The van der Waals surface area contributed by atoms with E-state index in [4.69, 9.17) is 17.0 Å². The number of thioether (sulfide) groups is 1. The number of anilines is 1. The second-order valence-electron chi connectivity index (χ2n) is 5.82. The molecule has 2 aromatic rings. The van der Waals surface area contributed by atoms with Gasteiger partial charge in [0.1, 0.15) is 10.1 Å². The first-order chi connectivity index (χ1) is 13.6. The van der Waals surface area contributed by atoms with Gasteiger partial charge in [-0.25, -0.2) is 0 Å². The van der Waals surface area contributed by atoms with Crippen molar-refractivity contribution in [1.29, 1.82) is 0 Å². The number of nitrogens with zero attached hydrogens (tertiary/aromatic N) is 1. The molecule has 1 aliphatic rings. The average molecular weight is 411 g/mol. The van der Waals surface area contributed by atoms with E-state index in [1.165, 1.54) is 16.7 Å². The molecule has 0 bridgehead atoms. The van der Waals surface area contributed by atoms with Gasteiger partial charge in [-0.15, -0.1) is 6.58 Å². The highest BCUT2D eigenvalue weighted by Gasteiger charge is 2.31. The van der Waals surface area contributed by atoms with Crippen LogP contribution in [0.2, 0.25) is 0 Å². The smallest absolute Gasteiger partial charge is 0.266 e. The van der Waals surface area contributed by atoms with E-state index < -0.39 is 0 Å². The van der Waals surface area contributed by atoms with E-state index in [1.54, 1.807) is 30.4 Å². The molecule has 28 heavy (non-hydrogen) atoms. The molecule has 0 saturated carbocycles. The maximum atomic E-state index is 12.5. The Hall–Kier alpha value is -2.90. The minimum atomic E-state index is -0.265. The van der Waals surface area contributed by atoms with E-state index in [0.717, 1.165) is 0 Å². The Morgan fingerprint density at radius 3 is 2.64 bits per heavy atom. The fraction of sp³-hybridized carbons (Fsp3) is 0.0952. The average Bonchev–Trinajstić information content (AvgIpc) is 2.96. The number of rotatable bonds is 7. The molecule has 1 fully saturated rings. The van der Waals surface area contributed by atoms with Crippen LogP contribution in [0.3, 0.4) is 0 Å². The zero-order chi connectivity index (χ0) is 19.9. The molecule has 1 N–H and O–H groups in total. The summed E-state index contributed by atoms with van der Waals surface area (Å²) < 4.78 is 6.18. The number of hydrogen-bond donors (Lipinski definition) is 1. The number of ether oxygens (including phenoxy) is 1. The van der Waals surface area contributed by atoms with Gasteiger partial charge in [0, 0.05) is 17.8 Å². The summed E-state index contributed by atoms with van der Waals surface area (Å²) in [6, 6.07) is 16.4. The molecule has 2 aromatic carbocycles. The third-order valence-electron chi connectivity index (χ3n) is 3.81. The van der Waals surface area contributed by atoms with Crippen molar-refractivity contribution in [2.45, 2.75) is 0 Å². The number of para-hydroxylation sites is 2. The van der Waals surface area contributed by atoms with Crippen LogP contribution < -0.4 is 10.1 Å². The van der Waals surface area contributed by atoms with Crippen molar-refractivity contribution in [1.82, 2.24) is 4.90 Å². The number of hydrogen-bond acceptors (Lipinski definition) is 5.